The van der Waals surface area contributed by atoms with E-state index < -0.39 is 0 Å². The Kier molecular flexibility index (Phi) is 3.92. The van der Waals surface area contributed by atoms with E-state index in [2.05, 4.69) is 33.9 Å². The van der Waals surface area contributed by atoms with Gasteiger partial charge in [0.15, 0.2) is 0 Å². The van der Waals surface area contributed by atoms with E-state index in [0.717, 1.165) is 17.9 Å². The molecule has 0 fully saturated rings. The van der Waals surface area contributed by atoms with E-state index in [0.29, 0.717) is 18.2 Å². The van der Waals surface area contributed by atoms with Crippen LogP contribution in [0.25, 0.3) is 10.1 Å². The monoisotopic (exact) mass is 299 g/mol. The Morgan fingerprint density at radius 2 is 2.14 bits per heavy atom. The number of hydrogen-bond acceptors (Lipinski definition) is 5. The van der Waals surface area contributed by atoms with Crippen LogP contribution in [0.15, 0.2) is 41.8 Å². The molecule has 3 aromatic rings. The molecule has 0 radical (unpaired) electrons. The predicted octanol–water partition coefficient (Wildman–Crippen LogP) is 4.41. The lowest BCUT2D eigenvalue weighted by Crippen LogP contribution is -2.03. The third-order valence-electron chi connectivity index (χ3n) is 3.06. The number of nitrogens with two attached hydrogens (primary N) is 1. The number of pyridine rings is 1. The summed E-state index contributed by atoms with van der Waals surface area (Å²) in [5, 5.41) is 6.60. The van der Waals surface area contributed by atoms with Gasteiger partial charge in [0, 0.05) is 10.4 Å². The average molecular weight is 299 g/mol. The van der Waals surface area contributed by atoms with Crippen LogP contribution < -0.4 is 15.8 Å². The van der Waals surface area contributed by atoms with Crippen LogP contribution in [0.3, 0.4) is 0 Å². The van der Waals surface area contributed by atoms with Gasteiger partial charge in [-0.25, -0.2) is 0 Å². The molecule has 0 aliphatic heterocycles. The van der Waals surface area contributed by atoms with Crippen molar-refractivity contribution in [3.63, 3.8) is 0 Å². The van der Waals surface area contributed by atoms with E-state index in [4.69, 9.17) is 10.5 Å². The number of rotatable bonds is 5. The van der Waals surface area contributed by atoms with Gasteiger partial charge in [-0.15, -0.1) is 11.3 Å². The molecule has 0 saturated carbocycles. The zero-order valence-electron chi connectivity index (χ0n) is 11.8. The number of thiophene rings is 1. The highest BCUT2D eigenvalue weighted by Crippen LogP contribution is 2.27. The smallest absolute Gasteiger partial charge is 0.239 e. The minimum Gasteiger partial charge on any atom is -0.476 e. The van der Waals surface area contributed by atoms with Crippen LogP contribution in [0, 0.1) is 0 Å². The van der Waals surface area contributed by atoms with E-state index in [1.165, 1.54) is 10.1 Å². The molecule has 0 unspecified atom stereocenters. The lowest BCUT2D eigenvalue weighted by Gasteiger charge is -2.10. The van der Waals surface area contributed by atoms with Crippen LogP contribution >= 0.6 is 11.3 Å². The fraction of sp³-hybridized carbons (Fsp3) is 0.188. The zero-order chi connectivity index (χ0) is 14.7. The van der Waals surface area contributed by atoms with Gasteiger partial charge < -0.3 is 15.8 Å². The Morgan fingerprint density at radius 3 is 3.00 bits per heavy atom. The van der Waals surface area contributed by atoms with Crippen molar-refractivity contribution in [2.75, 3.05) is 17.7 Å². The van der Waals surface area contributed by atoms with Gasteiger partial charge in [0.25, 0.3) is 0 Å². The molecule has 0 spiro atoms. The molecule has 2 heterocycles. The number of aromatic nitrogens is 1. The van der Waals surface area contributed by atoms with Crippen LogP contribution in [-0.2, 0) is 0 Å². The summed E-state index contributed by atoms with van der Waals surface area (Å²) < 4.78 is 6.82. The second-order valence-corrected chi connectivity index (χ2v) is 5.69. The van der Waals surface area contributed by atoms with Crippen molar-refractivity contribution in [2.24, 2.45) is 0 Å². The molecule has 1 aromatic carbocycles. The van der Waals surface area contributed by atoms with Crippen LogP contribution in [0.2, 0.25) is 0 Å². The molecule has 4 nitrogen and oxygen atoms in total. The Labute approximate surface area is 127 Å². The Bertz CT molecular complexity index is 754. The number of nitrogens with zero attached hydrogens (tertiary/aromatic N) is 1. The third kappa shape index (κ3) is 3.08. The summed E-state index contributed by atoms with van der Waals surface area (Å²) in [7, 11) is 0. The SMILES string of the molecule is CCCOc1nc(Nc2ccc3sccc3c2)ccc1N. The van der Waals surface area contributed by atoms with Crippen LogP contribution in [-0.4, -0.2) is 11.6 Å². The van der Waals surface area contributed by atoms with Crippen molar-refractivity contribution in [3.05, 3.63) is 41.8 Å². The van der Waals surface area contributed by atoms with E-state index in [-0.39, 0.29) is 0 Å². The summed E-state index contributed by atoms with van der Waals surface area (Å²) in [6.45, 7) is 2.66. The highest BCUT2D eigenvalue weighted by Gasteiger charge is 2.05. The third-order valence-corrected chi connectivity index (χ3v) is 3.96. The van der Waals surface area contributed by atoms with E-state index in [1.54, 1.807) is 11.3 Å². The summed E-state index contributed by atoms with van der Waals surface area (Å²) >= 11 is 1.74. The van der Waals surface area contributed by atoms with Crippen LogP contribution in [0.4, 0.5) is 17.2 Å². The van der Waals surface area contributed by atoms with Gasteiger partial charge in [-0.3, -0.25) is 0 Å². The average Bonchev–Trinajstić information content (AvgIpc) is 2.95. The Balaban J connectivity index is 1.83. The van der Waals surface area contributed by atoms with E-state index in [1.807, 2.05) is 25.1 Å². The number of anilines is 3. The highest BCUT2D eigenvalue weighted by molar-refractivity contribution is 7.17. The van der Waals surface area contributed by atoms with Gasteiger partial charge in [0.2, 0.25) is 5.88 Å². The summed E-state index contributed by atoms with van der Waals surface area (Å²) in [5.41, 5.74) is 7.43. The second-order valence-electron chi connectivity index (χ2n) is 4.74. The normalized spacial score (nSPS) is 10.7. The van der Waals surface area contributed by atoms with Gasteiger partial charge in [0.1, 0.15) is 5.82 Å². The van der Waals surface area contributed by atoms with Gasteiger partial charge in [0.05, 0.1) is 12.3 Å². The molecule has 3 N–H and O–H groups in total. The molecule has 21 heavy (non-hydrogen) atoms. The fourth-order valence-electron chi connectivity index (χ4n) is 2.03. The molecular weight excluding hydrogens is 282 g/mol. The van der Waals surface area contributed by atoms with Crippen molar-refractivity contribution >= 4 is 38.6 Å². The largest absolute Gasteiger partial charge is 0.476 e. The molecular formula is C16H17N3OS. The zero-order valence-corrected chi connectivity index (χ0v) is 12.6. The maximum Gasteiger partial charge on any atom is 0.239 e. The summed E-state index contributed by atoms with van der Waals surface area (Å²) in [6, 6.07) is 12.0. The molecule has 0 amide bonds. The lowest BCUT2D eigenvalue weighted by atomic mass is 10.2. The predicted molar refractivity (Wildman–Crippen MR) is 89.5 cm³/mol. The van der Waals surface area contributed by atoms with E-state index >= 15 is 0 Å². The quantitative estimate of drug-likeness (QED) is 0.732. The molecule has 0 aliphatic rings. The van der Waals surface area contributed by atoms with Crippen molar-refractivity contribution in [3.8, 4) is 5.88 Å². The standard InChI is InChI=1S/C16H17N3OS/c1-2-8-20-16-13(17)4-6-15(19-16)18-12-3-5-14-11(10-12)7-9-21-14/h3-7,9-10H,2,8,17H2,1H3,(H,18,19). The van der Waals surface area contributed by atoms with Crippen molar-refractivity contribution in [1.29, 1.82) is 0 Å². The van der Waals surface area contributed by atoms with Crippen molar-refractivity contribution < 1.29 is 4.74 Å². The fourth-order valence-corrected chi connectivity index (χ4v) is 2.80. The molecule has 0 aliphatic carbocycles. The summed E-state index contributed by atoms with van der Waals surface area (Å²) in [6.07, 6.45) is 0.924. The van der Waals surface area contributed by atoms with Crippen LogP contribution in [0.1, 0.15) is 13.3 Å². The molecule has 108 valence electrons. The molecule has 0 saturated heterocycles. The first kappa shape index (κ1) is 13.7. The number of fused-ring (bicyclic) bond motifs is 1. The van der Waals surface area contributed by atoms with Crippen LogP contribution in [0.5, 0.6) is 5.88 Å². The minimum absolute atomic E-state index is 0.485. The number of ether oxygens (including phenoxy) is 1. The van der Waals surface area contributed by atoms with E-state index in [9.17, 15) is 0 Å². The minimum atomic E-state index is 0.485. The number of nitrogen functional groups attached to an aromatic ring is 1. The Hall–Kier alpha value is -2.27. The molecule has 0 bridgehead atoms. The van der Waals surface area contributed by atoms with Gasteiger partial charge in [-0.05, 0) is 53.6 Å². The highest BCUT2D eigenvalue weighted by atomic mass is 32.1. The maximum absolute atomic E-state index is 5.87. The first-order valence-electron chi connectivity index (χ1n) is 6.90. The first-order chi connectivity index (χ1) is 10.3. The molecule has 0 atom stereocenters. The number of benzene rings is 1. The number of nitrogens with one attached hydrogen (secondary N) is 1. The topological polar surface area (TPSA) is 60.2 Å². The van der Waals surface area contributed by atoms with Crippen molar-refractivity contribution in [2.45, 2.75) is 13.3 Å². The van der Waals surface area contributed by atoms with Crippen molar-refractivity contribution in [1.82, 2.24) is 4.98 Å². The maximum atomic E-state index is 5.87. The molecule has 5 heteroatoms. The van der Waals surface area contributed by atoms with Gasteiger partial charge in [-0.1, -0.05) is 6.92 Å². The van der Waals surface area contributed by atoms with Gasteiger partial charge in [-0.2, -0.15) is 4.98 Å². The molecule has 3 rings (SSSR count). The second kappa shape index (κ2) is 6.01. The van der Waals surface area contributed by atoms with Gasteiger partial charge >= 0.3 is 0 Å². The summed E-state index contributed by atoms with van der Waals surface area (Å²) in [5.74, 6) is 1.21. The first-order valence-corrected chi connectivity index (χ1v) is 7.78. The Morgan fingerprint density at radius 1 is 1.24 bits per heavy atom. The summed E-state index contributed by atoms with van der Waals surface area (Å²) in [4.78, 5) is 4.42. The molecule has 2 aromatic heterocycles. The lowest BCUT2D eigenvalue weighted by molar-refractivity contribution is 0.307. The number of hydrogen-bond donors (Lipinski definition) is 2.